The molecule has 2 aromatic carbocycles. The first-order chi connectivity index (χ1) is 12.7. The third kappa shape index (κ3) is 4.48. The summed E-state index contributed by atoms with van der Waals surface area (Å²) in [6.45, 7) is 7.12. The third-order valence-corrected chi connectivity index (χ3v) is 4.73. The molecule has 1 N–H and O–H groups in total. The van der Waals surface area contributed by atoms with E-state index in [2.05, 4.69) is 23.2 Å². The number of para-hydroxylation sites is 3. The van der Waals surface area contributed by atoms with Gasteiger partial charge in [0, 0.05) is 32.2 Å². The number of nitrogens with zero attached hydrogens (tertiary/aromatic N) is 2. The summed E-state index contributed by atoms with van der Waals surface area (Å²) < 4.78 is 6.07. The van der Waals surface area contributed by atoms with Crippen LogP contribution in [-0.4, -0.2) is 43.2 Å². The zero-order valence-electron chi connectivity index (χ0n) is 15.5. The fourth-order valence-corrected chi connectivity index (χ4v) is 2.97. The van der Waals surface area contributed by atoms with Crippen LogP contribution in [0, 0.1) is 0 Å². The Morgan fingerprint density at radius 3 is 2.38 bits per heavy atom. The first-order valence-corrected chi connectivity index (χ1v) is 9.29. The predicted octanol–water partition coefficient (Wildman–Crippen LogP) is 4.11. The van der Waals surface area contributed by atoms with E-state index in [1.54, 1.807) is 0 Å². The Labute approximate surface area is 155 Å². The van der Waals surface area contributed by atoms with Gasteiger partial charge in [0.25, 0.3) is 0 Å². The second-order valence-electron chi connectivity index (χ2n) is 6.62. The minimum Gasteiger partial charge on any atom is -0.455 e. The maximum absolute atomic E-state index is 12.3. The van der Waals surface area contributed by atoms with E-state index in [1.165, 1.54) is 0 Å². The molecule has 1 saturated heterocycles. The summed E-state index contributed by atoms with van der Waals surface area (Å²) in [5.41, 5.74) is 1.07. The van der Waals surface area contributed by atoms with Gasteiger partial charge in [-0.3, -0.25) is 0 Å². The van der Waals surface area contributed by atoms with Gasteiger partial charge >= 0.3 is 6.03 Å². The molecule has 0 radical (unpaired) electrons. The zero-order valence-corrected chi connectivity index (χ0v) is 15.5. The molecule has 26 heavy (non-hydrogen) atoms. The topological polar surface area (TPSA) is 44.8 Å². The number of nitrogens with one attached hydrogen (secondary N) is 1. The molecule has 1 unspecified atom stereocenters. The van der Waals surface area contributed by atoms with Crippen LogP contribution in [0.3, 0.4) is 0 Å². The monoisotopic (exact) mass is 353 g/mol. The van der Waals surface area contributed by atoms with E-state index in [9.17, 15) is 4.79 Å². The normalized spacial score (nSPS) is 15.5. The number of anilines is 1. The van der Waals surface area contributed by atoms with Crippen LogP contribution in [0.1, 0.15) is 20.3 Å². The molecule has 138 valence electrons. The molecule has 0 aliphatic carbocycles. The summed E-state index contributed by atoms with van der Waals surface area (Å²) in [7, 11) is 0. The van der Waals surface area contributed by atoms with Gasteiger partial charge in [0.05, 0.1) is 5.69 Å². The summed E-state index contributed by atoms with van der Waals surface area (Å²) in [6, 6.07) is 18.1. The highest BCUT2D eigenvalue weighted by Gasteiger charge is 2.23. The largest absolute Gasteiger partial charge is 0.455 e. The van der Waals surface area contributed by atoms with Gasteiger partial charge in [-0.15, -0.1) is 0 Å². The summed E-state index contributed by atoms with van der Waals surface area (Å²) in [5.74, 6) is 1.67. The van der Waals surface area contributed by atoms with Crippen LogP contribution in [0.4, 0.5) is 10.5 Å². The lowest BCUT2D eigenvalue weighted by atomic mass is 10.2. The Morgan fingerprint density at radius 2 is 1.69 bits per heavy atom. The highest BCUT2D eigenvalue weighted by atomic mass is 16.5. The van der Waals surface area contributed by atoms with E-state index >= 15 is 0 Å². The van der Waals surface area contributed by atoms with Crippen molar-refractivity contribution in [2.75, 3.05) is 31.1 Å². The minimum absolute atomic E-state index is 0.0350. The Balaban J connectivity index is 1.64. The quantitative estimate of drug-likeness (QED) is 0.880. The number of carbonyl (C=O) groups is 1. The number of urea groups is 1. The van der Waals surface area contributed by atoms with Gasteiger partial charge in [0.15, 0.2) is 5.75 Å². The molecule has 0 spiro atoms. The number of ether oxygens (including phenoxy) is 1. The van der Waals surface area contributed by atoms with E-state index in [4.69, 9.17) is 4.74 Å². The van der Waals surface area contributed by atoms with Crippen molar-refractivity contribution in [1.29, 1.82) is 0 Å². The molecule has 5 nitrogen and oxygen atoms in total. The van der Waals surface area contributed by atoms with Crippen LogP contribution < -0.4 is 15.0 Å². The summed E-state index contributed by atoms with van der Waals surface area (Å²) in [6.07, 6.45) is 0.940. The SMILES string of the molecule is CCC(C)NC(=O)N1CCN(c2ccccc2Oc2ccccc2)CC1. The number of benzene rings is 2. The fraction of sp³-hybridized carbons (Fsp3) is 0.381. The zero-order chi connectivity index (χ0) is 18.4. The number of rotatable bonds is 5. The van der Waals surface area contributed by atoms with Crippen molar-refractivity contribution in [2.45, 2.75) is 26.3 Å². The molecular weight excluding hydrogens is 326 g/mol. The molecule has 5 heteroatoms. The van der Waals surface area contributed by atoms with Crippen molar-refractivity contribution in [1.82, 2.24) is 10.2 Å². The second kappa shape index (κ2) is 8.61. The van der Waals surface area contributed by atoms with Gasteiger partial charge in [-0.25, -0.2) is 4.79 Å². The number of amides is 2. The van der Waals surface area contributed by atoms with Crippen LogP contribution in [0.2, 0.25) is 0 Å². The summed E-state index contributed by atoms with van der Waals surface area (Å²) in [5, 5.41) is 3.04. The fourth-order valence-electron chi connectivity index (χ4n) is 2.97. The van der Waals surface area contributed by atoms with Gasteiger partial charge in [-0.05, 0) is 37.6 Å². The molecule has 1 aliphatic rings. The van der Waals surface area contributed by atoms with Crippen molar-refractivity contribution in [3.8, 4) is 11.5 Å². The third-order valence-electron chi connectivity index (χ3n) is 4.73. The highest BCUT2D eigenvalue weighted by Crippen LogP contribution is 2.32. The molecule has 0 aromatic heterocycles. The summed E-state index contributed by atoms with van der Waals surface area (Å²) >= 11 is 0. The van der Waals surface area contributed by atoms with Gasteiger partial charge in [-0.2, -0.15) is 0 Å². The van der Waals surface area contributed by atoms with Crippen LogP contribution in [0.5, 0.6) is 11.5 Å². The Kier molecular flexibility index (Phi) is 6.00. The van der Waals surface area contributed by atoms with Crippen molar-refractivity contribution < 1.29 is 9.53 Å². The maximum atomic E-state index is 12.3. The summed E-state index contributed by atoms with van der Waals surface area (Å²) in [4.78, 5) is 16.5. The molecule has 3 rings (SSSR count). The second-order valence-corrected chi connectivity index (χ2v) is 6.62. The average molecular weight is 353 g/mol. The lowest BCUT2D eigenvalue weighted by Gasteiger charge is -2.37. The number of hydrogen-bond donors (Lipinski definition) is 1. The van der Waals surface area contributed by atoms with Crippen LogP contribution in [-0.2, 0) is 0 Å². The van der Waals surface area contributed by atoms with E-state index < -0.39 is 0 Å². The number of hydrogen-bond acceptors (Lipinski definition) is 3. The van der Waals surface area contributed by atoms with Crippen LogP contribution in [0.15, 0.2) is 54.6 Å². The van der Waals surface area contributed by atoms with Crippen LogP contribution >= 0.6 is 0 Å². The lowest BCUT2D eigenvalue weighted by Crippen LogP contribution is -2.53. The Morgan fingerprint density at radius 1 is 1.04 bits per heavy atom. The molecule has 0 saturated carbocycles. The first kappa shape index (κ1) is 18.1. The van der Waals surface area contributed by atoms with Gasteiger partial charge in [0.1, 0.15) is 5.75 Å². The molecular formula is C21H27N3O2. The number of piperazine rings is 1. The molecule has 2 amide bonds. The number of carbonyl (C=O) groups excluding carboxylic acids is 1. The minimum atomic E-state index is 0.0350. The molecule has 1 heterocycles. The smallest absolute Gasteiger partial charge is 0.317 e. The predicted molar refractivity (Wildman–Crippen MR) is 105 cm³/mol. The average Bonchev–Trinajstić information content (AvgIpc) is 2.69. The van der Waals surface area contributed by atoms with Crippen molar-refractivity contribution in [3.05, 3.63) is 54.6 Å². The van der Waals surface area contributed by atoms with E-state index in [0.717, 1.165) is 36.7 Å². The van der Waals surface area contributed by atoms with Gasteiger partial charge in [-0.1, -0.05) is 37.3 Å². The molecule has 1 aliphatic heterocycles. The maximum Gasteiger partial charge on any atom is 0.317 e. The molecule has 0 bridgehead atoms. The molecule has 1 atom stereocenters. The van der Waals surface area contributed by atoms with Crippen LogP contribution in [0.25, 0.3) is 0 Å². The Hall–Kier alpha value is -2.69. The van der Waals surface area contributed by atoms with E-state index in [1.807, 2.05) is 60.4 Å². The van der Waals surface area contributed by atoms with E-state index in [0.29, 0.717) is 13.1 Å². The molecule has 2 aromatic rings. The van der Waals surface area contributed by atoms with E-state index in [-0.39, 0.29) is 12.1 Å². The van der Waals surface area contributed by atoms with Crippen molar-refractivity contribution in [3.63, 3.8) is 0 Å². The van der Waals surface area contributed by atoms with Gasteiger partial charge in [0.2, 0.25) is 0 Å². The molecule has 1 fully saturated rings. The van der Waals surface area contributed by atoms with Gasteiger partial charge < -0.3 is 19.9 Å². The first-order valence-electron chi connectivity index (χ1n) is 9.29. The standard InChI is InChI=1S/C21H27N3O2/c1-3-17(2)22-21(25)24-15-13-23(14-16-24)19-11-7-8-12-20(19)26-18-9-5-4-6-10-18/h4-12,17H,3,13-16H2,1-2H3,(H,22,25). The highest BCUT2D eigenvalue weighted by molar-refractivity contribution is 5.75. The van der Waals surface area contributed by atoms with Crippen molar-refractivity contribution in [2.24, 2.45) is 0 Å². The lowest BCUT2D eigenvalue weighted by molar-refractivity contribution is 0.190. The van der Waals surface area contributed by atoms with Crippen molar-refractivity contribution >= 4 is 11.7 Å². The Bertz CT molecular complexity index is 712.